The molecule has 0 amide bonds. The molecule has 2 aromatic rings. The second-order valence-corrected chi connectivity index (χ2v) is 3.35. The van der Waals surface area contributed by atoms with Gasteiger partial charge in [0.25, 0.3) is 0 Å². The van der Waals surface area contributed by atoms with E-state index in [-0.39, 0.29) is 12.4 Å². The van der Waals surface area contributed by atoms with Crippen LogP contribution in [0.2, 0.25) is 0 Å². The average Bonchev–Trinajstić information content (AvgIpc) is 2.61. The third-order valence-corrected chi connectivity index (χ3v) is 2.47. The van der Waals surface area contributed by atoms with E-state index in [4.69, 9.17) is 0 Å². The van der Waals surface area contributed by atoms with Crippen LogP contribution in [0.5, 0.6) is 0 Å². The van der Waals surface area contributed by atoms with E-state index in [1.165, 1.54) is 11.3 Å². The topological polar surface area (TPSA) is 42.7 Å². The summed E-state index contributed by atoms with van der Waals surface area (Å²) in [5.74, 6) is 0.968. The van der Waals surface area contributed by atoms with Gasteiger partial charge in [-0.15, -0.1) is 22.6 Å². The van der Waals surface area contributed by atoms with Crippen LogP contribution in [0.1, 0.15) is 11.4 Å². The van der Waals surface area contributed by atoms with Gasteiger partial charge in [0.2, 0.25) is 0 Å². The Labute approximate surface area is 93.7 Å². The van der Waals surface area contributed by atoms with Crippen molar-refractivity contribution in [3.63, 3.8) is 0 Å². The lowest BCUT2D eigenvalue weighted by molar-refractivity contribution is 0.674. The van der Waals surface area contributed by atoms with Crippen LogP contribution in [0.25, 0.3) is 5.69 Å². The van der Waals surface area contributed by atoms with Crippen molar-refractivity contribution in [2.24, 2.45) is 0 Å². The van der Waals surface area contributed by atoms with Crippen molar-refractivity contribution in [1.29, 1.82) is 0 Å². The van der Waals surface area contributed by atoms with Crippen molar-refractivity contribution in [3.05, 3.63) is 42.0 Å². The van der Waals surface area contributed by atoms with Crippen molar-refractivity contribution < 1.29 is 0 Å². The van der Waals surface area contributed by atoms with E-state index in [0.717, 1.165) is 18.9 Å². The van der Waals surface area contributed by atoms with Crippen molar-refractivity contribution in [3.8, 4) is 5.69 Å². The molecule has 3 rings (SSSR count). The summed E-state index contributed by atoms with van der Waals surface area (Å²) in [5.41, 5.74) is 2.46. The highest BCUT2D eigenvalue weighted by atomic mass is 35.5. The third-order valence-electron chi connectivity index (χ3n) is 2.47. The van der Waals surface area contributed by atoms with Gasteiger partial charge in [0.1, 0.15) is 6.33 Å². The number of hydrogen-bond acceptors (Lipinski definition) is 3. The number of nitrogens with one attached hydrogen (secondary N) is 1. The quantitative estimate of drug-likeness (QED) is 0.731. The summed E-state index contributed by atoms with van der Waals surface area (Å²) in [7, 11) is 0. The monoisotopic (exact) mass is 222 g/mol. The summed E-state index contributed by atoms with van der Waals surface area (Å²) in [6, 6.07) is 8.30. The van der Waals surface area contributed by atoms with Crippen LogP contribution in [0.3, 0.4) is 0 Å². The fraction of sp³-hybridized carbons (Fsp3) is 0.200. The maximum Gasteiger partial charge on any atom is 0.151 e. The van der Waals surface area contributed by atoms with E-state index in [1.807, 2.05) is 10.6 Å². The molecule has 0 fully saturated rings. The maximum absolute atomic E-state index is 4.07. The Morgan fingerprint density at radius 3 is 3.00 bits per heavy atom. The summed E-state index contributed by atoms with van der Waals surface area (Å²) in [5, 5.41) is 11.3. The molecule has 0 bridgehead atoms. The molecule has 1 aliphatic rings. The number of nitrogens with zero attached hydrogens (tertiary/aromatic N) is 3. The summed E-state index contributed by atoms with van der Waals surface area (Å²) in [6.45, 7) is 1.66. The van der Waals surface area contributed by atoms with E-state index >= 15 is 0 Å². The SMILES string of the molecule is Cl.c1ccc2c(c1)CNCc1nncn1-2. The summed E-state index contributed by atoms with van der Waals surface area (Å²) in [4.78, 5) is 0. The lowest BCUT2D eigenvalue weighted by Gasteiger charge is -2.05. The minimum absolute atomic E-state index is 0. The first-order valence-electron chi connectivity index (χ1n) is 4.63. The predicted molar refractivity (Wildman–Crippen MR) is 59.2 cm³/mol. The Balaban J connectivity index is 0.000000853. The molecule has 0 spiro atoms. The van der Waals surface area contributed by atoms with E-state index in [9.17, 15) is 0 Å². The van der Waals surface area contributed by atoms with E-state index in [0.29, 0.717) is 0 Å². The smallest absolute Gasteiger partial charge is 0.151 e. The molecule has 0 atom stereocenters. The Morgan fingerprint density at radius 1 is 1.20 bits per heavy atom. The summed E-state index contributed by atoms with van der Waals surface area (Å²) >= 11 is 0. The highest BCUT2D eigenvalue weighted by Gasteiger charge is 2.13. The molecule has 78 valence electrons. The molecular formula is C10H11ClN4. The molecule has 0 aliphatic carbocycles. The summed E-state index contributed by atoms with van der Waals surface area (Å²) < 4.78 is 2.04. The number of rotatable bonds is 0. The van der Waals surface area contributed by atoms with Crippen LogP contribution in [-0.4, -0.2) is 14.8 Å². The van der Waals surface area contributed by atoms with Gasteiger partial charge in [0.05, 0.1) is 12.2 Å². The minimum atomic E-state index is 0. The molecule has 0 unspecified atom stereocenters. The first-order valence-corrected chi connectivity index (χ1v) is 4.63. The van der Waals surface area contributed by atoms with E-state index in [2.05, 4.69) is 33.7 Å². The van der Waals surface area contributed by atoms with Gasteiger partial charge >= 0.3 is 0 Å². The Morgan fingerprint density at radius 2 is 2.07 bits per heavy atom. The van der Waals surface area contributed by atoms with E-state index < -0.39 is 0 Å². The molecule has 0 saturated carbocycles. The van der Waals surface area contributed by atoms with Gasteiger partial charge in [-0.3, -0.25) is 4.57 Å². The molecule has 0 saturated heterocycles. The maximum atomic E-state index is 4.07. The number of aromatic nitrogens is 3. The van der Waals surface area contributed by atoms with Gasteiger partial charge in [-0.2, -0.15) is 0 Å². The highest BCUT2D eigenvalue weighted by molar-refractivity contribution is 5.85. The number of halogens is 1. The van der Waals surface area contributed by atoms with Gasteiger partial charge in [-0.25, -0.2) is 0 Å². The zero-order chi connectivity index (χ0) is 9.38. The van der Waals surface area contributed by atoms with Crippen molar-refractivity contribution in [1.82, 2.24) is 20.1 Å². The van der Waals surface area contributed by atoms with Crippen LogP contribution in [0, 0.1) is 0 Å². The average molecular weight is 223 g/mol. The Bertz CT molecular complexity index is 466. The lowest BCUT2D eigenvalue weighted by Crippen LogP contribution is -2.11. The second kappa shape index (κ2) is 4.00. The molecule has 1 N–H and O–H groups in total. The van der Waals surface area contributed by atoms with Gasteiger partial charge in [0, 0.05) is 6.54 Å². The predicted octanol–water partition coefficient (Wildman–Crippen LogP) is 1.29. The number of hydrogen-bond donors (Lipinski definition) is 1. The number of benzene rings is 1. The molecule has 4 nitrogen and oxygen atoms in total. The van der Waals surface area contributed by atoms with Crippen molar-refractivity contribution in [2.45, 2.75) is 13.1 Å². The zero-order valence-electron chi connectivity index (χ0n) is 8.05. The molecule has 2 heterocycles. The lowest BCUT2D eigenvalue weighted by atomic mass is 10.2. The van der Waals surface area contributed by atoms with Gasteiger partial charge < -0.3 is 5.32 Å². The third kappa shape index (κ3) is 1.62. The van der Waals surface area contributed by atoms with E-state index in [1.54, 1.807) is 6.33 Å². The van der Waals surface area contributed by atoms with Gasteiger partial charge in [-0.1, -0.05) is 18.2 Å². The molecule has 1 aromatic heterocycles. The van der Waals surface area contributed by atoms with Crippen LogP contribution < -0.4 is 5.32 Å². The number of para-hydroxylation sites is 1. The standard InChI is InChI=1S/C10H10N4.ClH/c1-2-4-9-8(3-1)5-11-6-10-13-12-7-14(9)10;/h1-4,7,11H,5-6H2;1H. The fourth-order valence-electron chi connectivity index (χ4n) is 1.78. The second-order valence-electron chi connectivity index (χ2n) is 3.35. The molecule has 1 aromatic carbocycles. The molecule has 5 heteroatoms. The van der Waals surface area contributed by atoms with Gasteiger partial charge in [-0.05, 0) is 11.6 Å². The molecule has 1 aliphatic heterocycles. The normalized spacial score (nSPS) is 13.3. The van der Waals surface area contributed by atoms with Crippen molar-refractivity contribution in [2.75, 3.05) is 0 Å². The number of fused-ring (bicyclic) bond motifs is 3. The molecular weight excluding hydrogens is 212 g/mol. The first-order chi connectivity index (χ1) is 6.95. The zero-order valence-corrected chi connectivity index (χ0v) is 8.87. The fourth-order valence-corrected chi connectivity index (χ4v) is 1.78. The Kier molecular flexibility index (Phi) is 2.70. The van der Waals surface area contributed by atoms with Crippen LogP contribution in [-0.2, 0) is 13.1 Å². The largest absolute Gasteiger partial charge is 0.306 e. The van der Waals surface area contributed by atoms with Gasteiger partial charge in [0.15, 0.2) is 5.82 Å². The first kappa shape index (κ1) is 10.1. The van der Waals surface area contributed by atoms with Crippen LogP contribution in [0.15, 0.2) is 30.6 Å². The Hall–Kier alpha value is -1.39. The molecule has 15 heavy (non-hydrogen) atoms. The molecule has 0 radical (unpaired) electrons. The summed E-state index contributed by atoms with van der Waals surface area (Å²) in [6.07, 6.45) is 1.77. The van der Waals surface area contributed by atoms with Crippen LogP contribution >= 0.6 is 12.4 Å². The highest BCUT2D eigenvalue weighted by Crippen LogP contribution is 2.17. The van der Waals surface area contributed by atoms with Crippen LogP contribution in [0.4, 0.5) is 0 Å². The van der Waals surface area contributed by atoms with Crippen molar-refractivity contribution >= 4 is 12.4 Å². The minimum Gasteiger partial charge on any atom is -0.306 e.